The number of imidazole rings is 1. The maximum atomic E-state index is 9.46. The van der Waals surface area contributed by atoms with Crippen molar-refractivity contribution in [1.29, 1.82) is 5.26 Å². The fourth-order valence-electron chi connectivity index (χ4n) is 3.21. The van der Waals surface area contributed by atoms with Crippen LogP contribution in [0.5, 0.6) is 0 Å². The van der Waals surface area contributed by atoms with Gasteiger partial charge in [-0.15, -0.1) is 0 Å². The number of hydrogen-bond acceptors (Lipinski definition) is 2. The zero-order valence-corrected chi connectivity index (χ0v) is 11.2. The average Bonchev–Trinajstić information content (AvgIpc) is 3.15. The Labute approximate surface area is 112 Å². The fraction of sp³-hybridized carbons (Fsp3) is 0.500. The number of hydrogen-bond donors (Lipinski definition) is 0. The minimum Gasteiger partial charge on any atom is -0.331 e. The predicted molar refractivity (Wildman–Crippen MR) is 73.8 cm³/mol. The van der Waals surface area contributed by atoms with E-state index in [1.807, 2.05) is 0 Å². The van der Waals surface area contributed by atoms with Gasteiger partial charge in [-0.1, -0.05) is 6.07 Å². The molecule has 19 heavy (non-hydrogen) atoms. The molecule has 0 aliphatic heterocycles. The number of nitriles is 1. The van der Waals surface area contributed by atoms with Gasteiger partial charge >= 0.3 is 0 Å². The molecule has 96 valence electrons. The molecule has 2 saturated carbocycles. The summed E-state index contributed by atoms with van der Waals surface area (Å²) in [6.07, 6.45) is 5.72. The van der Waals surface area contributed by atoms with E-state index in [0.717, 1.165) is 18.4 Å². The Balaban J connectivity index is 1.87. The van der Waals surface area contributed by atoms with Gasteiger partial charge in [0.05, 0.1) is 22.5 Å². The lowest BCUT2D eigenvalue weighted by Crippen LogP contribution is -2.32. The molecule has 2 fully saturated rings. The lowest BCUT2D eigenvalue weighted by Gasteiger charge is -2.35. The molecular weight excluding hydrogens is 234 g/mol. The molecule has 0 atom stereocenters. The van der Waals surface area contributed by atoms with E-state index >= 15 is 0 Å². The van der Waals surface area contributed by atoms with Crippen LogP contribution in [0.15, 0.2) is 18.2 Å². The zero-order chi connectivity index (χ0) is 13.0. The molecule has 0 unspecified atom stereocenters. The highest BCUT2D eigenvalue weighted by molar-refractivity contribution is 5.77. The summed E-state index contributed by atoms with van der Waals surface area (Å²) in [5.74, 6) is 1.88. The van der Waals surface area contributed by atoms with Crippen LogP contribution in [0, 0.1) is 11.3 Å². The van der Waals surface area contributed by atoms with Crippen molar-refractivity contribution < 1.29 is 0 Å². The van der Waals surface area contributed by atoms with Crippen LogP contribution in [0.2, 0.25) is 0 Å². The molecule has 0 N–H and O–H groups in total. The second-order valence-electron chi connectivity index (χ2n) is 6.05. The largest absolute Gasteiger partial charge is 0.331 e. The topological polar surface area (TPSA) is 41.6 Å². The van der Waals surface area contributed by atoms with Crippen molar-refractivity contribution in [3.8, 4) is 6.07 Å². The Bertz CT molecular complexity index is 697. The number of aromatic nitrogens is 2. The van der Waals surface area contributed by atoms with E-state index in [4.69, 9.17) is 4.98 Å². The first-order valence-electron chi connectivity index (χ1n) is 7.12. The number of benzene rings is 1. The molecule has 2 aromatic rings. The molecule has 0 amide bonds. The fourth-order valence-corrected chi connectivity index (χ4v) is 3.21. The molecule has 1 aromatic heterocycles. The predicted octanol–water partition coefficient (Wildman–Crippen LogP) is 3.40. The molecular formula is C16H17N3. The maximum Gasteiger partial charge on any atom is 0.112 e. The first-order chi connectivity index (χ1) is 9.23. The van der Waals surface area contributed by atoms with Gasteiger partial charge in [-0.2, -0.15) is 5.26 Å². The van der Waals surface area contributed by atoms with Gasteiger partial charge in [0.25, 0.3) is 0 Å². The Morgan fingerprint density at radius 2 is 2.16 bits per heavy atom. The van der Waals surface area contributed by atoms with Gasteiger partial charge in [-0.05, 0) is 49.8 Å². The van der Waals surface area contributed by atoms with Crippen molar-refractivity contribution in [2.75, 3.05) is 0 Å². The summed E-state index contributed by atoms with van der Waals surface area (Å²) >= 11 is 0. The van der Waals surface area contributed by atoms with Crippen molar-refractivity contribution >= 4 is 11.0 Å². The first kappa shape index (κ1) is 11.0. The quantitative estimate of drug-likeness (QED) is 0.821. The van der Waals surface area contributed by atoms with Gasteiger partial charge in [0.1, 0.15) is 5.82 Å². The van der Waals surface area contributed by atoms with Crippen LogP contribution >= 0.6 is 0 Å². The normalized spacial score (nSPS) is 21.1. The Hall–Kier alpha value is -1.82. The van der Waals surface area contributed by atoms with Crippen LogP contribution in [-0.4, -0.2) is 9.55 Å². The third-order valence-corrected chi connectivity index (χ3v) is 4.83. The summed E-state index contributed by atoms with van der Waals surface area (Å²) < 4.78 is 2.22. The van der Waals surface area contributed by atoms with E-state index in [2.05, 4.69) is 35.9 Å². The summed E-state index contributed by atoms with van der Waals surface area (Å²) in [5, 5.41) is 9.46. The number of nitrogens with zero attached hydrogens (tertiary/aromatic N) is 3. The molecule has 2 aliphatic rings. The molecule has 0 radical (unpaired) electrons. The molecule has 0 bridgehead atoms. The highest BCUT2D eigenvalue weighted by atomic mass is 15.1. The summed E-state index contributed by atoms with van der Waals surface area (Å²) in [6.45, 7) is 0. The highest BCUT2D eigenvalue weighted by Crippen LogP contribution is 2.44. The Kier molecular flexibility index (Phi) is 2.09. The van der Waals surface area contributed by atoms with Crippen molar-refractivity contribution in [1.82, 2.24) is 9.55 Å². The SMILES string of the molecule is Cn1c(C2CC2)nc2ccc(C3(C#N)CCC3)cc21. The van der Waals surface area contributed by atoms with Crippen molar-refractivity contribution in [3.05, 3.63) is 29.6 Å². The van der Waals surface area contributed by atoms with E-state index < -0.39 is 0 Å². The van der Waals surface area contributed by atoms with E-state index in [1.54, 1.807) is 0 Å². The summed E-state index contributed by atoms with van der Waals surface area (Å²) in [7, 11) is 2.10. The van der Waals surface area contributed by atoms with Crippen molar-refractivity contribution in [3.63, 3.8) is 0 Å². The number of aryl methyl sites for hydroxylation is 1. The standard InChI is InChI=1S/C16H17N3/c1-19-14-9-12(16(10-17)7-2-8-16)5-6-13(14)18-15(19)11-3-4-11/h5-6,9,11H,2-4,7-8H2,1H3. The number of fused-ring (bicyclic) bond motifs is 1. The third kappa shape index (κ3) is 1.46. The molecule has 4 rings (SSSR count). The summed E-state index contributed by atoms with van der Waals surface area (Å²) in [4.78, 5) is 4.75. The Morgan fingerprint density at radius 3 is 2.74 bits per heavy atom. The second-order valence-corrected chi connectivity index (χ2v) is 6.05. The van der Waals surface area contributed by atoms with Crippen molar-refractivity contribution in [2.24, 2.45) is 7.05 Å². The second kappa shape index (κ2) is 3.60. The van der Waals surface area contributed by atoms with Gasteiger partial charge in [-0.25, -0.2) is 4.98 Å². The monoisotopic (exact) mass is 251 g/mol. The van der Waals surface area contributed by atoms with Gasteiger partial charge in [0.15, 0.2) is 0 Å². The number of rotatable bonds is 2. The van der Waals surface area contributed by atoms with Crippen LogP contribution < -0.4 is 0 Å². The van der Waals surface area contributed by atoms with Gasteiger partial charge < -0.3 is 4.57 Å². The van der Waals surface area contributed by atoms with E-state index in [9.17, 15) is 5.26 Å². The van der Waals surface area contributed by atoms with E-state index in [1.165, 1.54) is 36.2 Å². The first-order valence-corrected chi connectivity index (χ1v) is 7.12. The maximum absolute atomic E-state index is 9.46. The molecule has 1 aromatic carbocycles. The molecule has 1 heterocycles. The minimum atomic E-state index is -0.224. The summed E-state index contributed by atoms with van der Waals surface area (Å²) in [5.41, 5.74) is 3.21. The minimum absolute atomic E-state index is 0.224. The van der Waals surface area contributed by atoms with Crippen LogP contribution in [0.1, 0.15) is 49.4 Å². The summed E-state index contributed by atoms with van der Waals surface area (Å²) in [6, 6.07) is 8.92. The van der Waals surface area contributed by atoms with E-state index in [0.29, 0.717) is 5.92 Å². The third-order valence-electron chi connectivity index (χ3n) is 4.83. The van der Waals surface area contributed by atoms with Crippen LogP contribution in [-0.2, 0) is 12.5 Å². The van der Waals surface area contributed by atoms with Gasteiger partial charge in [0.2, 0.25) is 0 Å². The van der Waals surface area contributed by atoms with Gasteiger partial charge in [0, 0.05) is 13.0 Å². The lowest BCUT2D eigenvalue weighted by molar-refractivity contribution is 0.324. The van der Waals surface area contributed by atoms with E-state index in [-0.39, 0.29) is 5.41 Å². The van der Waals surface area contributed by atoms with Gasteiger partial charge in [-0.3, -0.25) is 0 Å². The molecule has 0 spiro atoms. The lowest BCUT2D eigenvalue weighted by atomic mass is 9.65. The van der Waals surface area contributed by atoms with Crippen LogP contribution in [0.3, 0.4) is 0 Å². The van der Waals surface area contributed by atoms with Crippen LogP contribution in [0.4, 0.5) is 0 Å². The molecule has 0 saturated heterocycles. The smallest absolute Gasteiger partial charge is 0.112 e. The molecule has 3 nitrogen and oxygen atoms in total. The zero-order valence-electron chi connectivity index (χ0n) is 11.2. The highest BCUT2D eigenvalue weighted by Gasteiger charge is 2.39. The van der Waals surface area contributed by atoms with Crippen molar-refractivity contribution in [2.45, 2.75) is 43.4 Å². The Morgan fingerprint density at radius 1 is 1.37 bits per heavy atom. The molecule has 2 aliphatic carbocycles. The average molecular weight is 251 g/mol. The molecule has 3 heteroatoms. The van der Waals surface area contributed by atoms with Crippen LogP contribution in [0.25, 0.3) is 11.0 Å².